The minimum absolute atomic E-state index is 0.572. The number of unbranched alkanes of at least 4 members (excludes halogenated alkanes) is 1. The highest BCUT2D eigenvalue weighted by Crippen LogP contribution is 2.20. The van der Waals surface area contributed by atoms with Crippen LogP contribution in [-0.4, -0.2) is 33.1 Å². The maximum atomic E-state index is 5.68. The monoisotopic (exact) mass is 249 g/mol. The van der Waals surface area contributed by atoms with E-state index in [9.17, 15) is 0 Å². The number of aromatic amines is 1. The summed E-state index contributed by atoms with van der Waals surface area (Å²) in [7, 11) is 0. The zero-order valence-corrected chi connectivity index (χ0v) is 10.9. The van der Waals surface area contributed by atoms with Crippen LogP contribution in [0.1, 0.15) is 33.1 Å². The Hall–Kier alpha value is -1.85. The Balaban J connectivity index is 2.21. The number of nitrogens with one attached hydrogen (secondary N) is 2. The number of aromatic nitrogens is 4. The molecule has 2 aromatic rings. The van der Waals surface area contributed by atoms with Gasteiger partial charge in [0.1, 0.15) is 5.52 Å². The number of rotatable bonds is 7. The molecule has 0 saturated heterocycles. The lowest BCUT2D eigenvalue weighted by Crippen LogP contribution is -2.07. The molecule has 0 saturated carbocycles. The Labute approximate surface area is 106 Å². The third kappa shape index (κ3) is 2.88. The molecule has 0 aliphatic rings. The number of fused-ring (bicyclic) bond motifs is 1. The van der Waals surface area contributed by atoms with E-state index in [1.807, 2.05) is 0 Å². The summed E-state index contributed by atoms with van der Waals surface area (Å²) in [6.45, 7) is 5.72. The Morgan fingerprint density at radius 3 is 2.94 bits per heavy atom. The van der Waals surface area contributed by atoms with Gasteiger partial charge >= 0.3 is 0 Å². The van der Waals surface area contributed by atoms with Crippen molar-refractivity contribution in [3.05, 3.63) is 6.33 Å². The molecule has 0 aliphatic heterocycles. The molecule has 0 radical (unpaired) electrons. The average Bonchev–Trinajstić information content (AvgIpc) is 2.85. The van der Waals surface area contributed by atoms with Gasteiger partial charge in [0.05, 0.1) is 12.9 Å². The molecule has 2 aromatic heterocycles. The molecule has 0 amide bonds. The van der Waals surface area contributed by atoms with Gasteiger partial charge in [-0.05, 0) is 12.8 Å². The van der Waals surface area contributed by atoms with Crippen LogP contribution in [0.4, 0.5) is 5.95 Å². The third-order valence-corrected chi connectivity index (χ3v) is 2.52. The smallest absolute Gasteiger partial charge is 0.245 e. The molecule has 0 unspecified atom stereocenters. The van der Waals surface area contributed by atoms with Crippen LogP contribution < -0.4 is 10.1 Å². The molecule has 2 N–H and O–H groups in total. The van der Waals surface area contributed by atoms with Crippen molar-refractivity contribution in [1.29, 1.82) is 0 Å². The molecule has 6 heteroatoms. The maximum absolute atomic E-state index is 5.68. The minimum atomic E-state index is 0.572. The number of ether oxygens (including phenoxy) is 1. The van der Waals surface area contributed by atoms with E-state index in [4.69, 9.17) is 4.74 Å². The number of anilines is 1. The van der Waals surface area contributed by atoms with Gasteiger partial charge in [-0.1, -0.05) is 20.3 Å². The fourth-order valence-electron chi connectivity index (χ4n) is 1.54. The van der Waals surface area contributed by atoms with Gasteiger partial charge in [0.15, 0.2) is 5.65 Å². The summed E-state index contributed by atoms with van der Waals surface area (Å²) < 4.78 is 5.68. The predicted octanol–water partition coefficient (Wildman–Crippen LogP) is 2.35. The van der Waals surface area contributed by atoms with Crippen molar-refractivity contribution in [2.24, 2.45) is 0 Å². The van der Waals surface area contributed by atoms with Gasteiger partial charge in [0, 0.05) is 6.54 Å². The topological polar surface area (TPSA) is 75.7 Å². The Bertz CT molecular complexity index is 496. The molecule has 0 fully saturated rings. The Kier molecular flexibility index (Phi) is 4.33. The number of H-pyrrole nitrogens is 1. The second-order valence-electron chi connectivity index (χ2n) is 4.08. The quantitative estimate of drug-likeness (QED) is 0.737. The van der Waals surface area contributed by atoms with Crippen molar-refractivity contribution in [1.82, 2.24) is 19.9 Å². The van der Waals surface area contributed by atoms with Crippen molar-refractivity contribution < 1.29 is 4.74 Å². The fourth-order valence-corrected chi connectivity index (χ4v) is 1.54. The summed E-state index contributed by atoms with van der Waals surface area (Å²) in [5.74, 6) is 1.15. The average molecular weight is 249 g/mol. The van der Waals surface area contributed by atoms with Gasteiger partial charge < -0.3 is 15.0 Å². The molecule has 0 bridgehead atoms. The minimum Gasteiger partial charge on any atom is -0.476 e. The molecule has 98 valence electrons. The third-order valence-electron chi connectivity index (χ3n) is 2.52. The zero-order valence-electron chi connectivity index (χ0n) is 10.9. The van der Waals surface area contributed by atoms with Gasteiger partial charge in [-0.3, -0.25) is 0 Å². The Morgan fingerprint density at radius 1 is 1.28 bits per heavy atom. The van der Waals surface area contributed by atoms with Crippen LogP contribution in [0.25, 0.3) is 11.2 Å². The molecule has 6 nitrogen and oxygen atoms in total. The number of hydrogen-bond donors (Lipinski definition) is 2. The maximum Gasteiger partial charge on any atom is 0.245 e. The van der Waals surface area contributed by atoms with Gasteiger partial charge in [-0.2, -0.15) is 9.97 Å². The van der Waals surface area contributed by atoms with Crippen molar-refractivity contribution in [3.8, 4) is 5.88 Å². The van der Waals surface area contributed by atoms with Crippen molar-refractivity contribution >= 4 is 17.1 Å². The van der Waals surface area contributed by atoms with E-state index < -0.39 is 0 Å². The van der Waals surface area contributed by atoms with E-state index in [2.05, 4.69) is 39.1 Å². The molecule has 2 rings (SSSR count). The first kappa shape index (κ1) is 12.6. The van der Waals surface area contributed by atoms with Gasteiger partial charge in [-0.15, -0.1) is 0 Å². The molecule has 0 aliphatic carbocycles. The lowest BCUT2D eigenvalue weighted by Gasteiger charge is -2.08. The van der Waals surface area contributed by atoms with Crippen LogP contribution in [-0.2, 0) is 0 Å². The van der Waals surface area contributed by atoms with E-state index in [1.54, 1.807) is 6.33 Å². The standard InChI is InChI=1S/C12H19N5O/c1-3-5-7-18-11-9-10(15-8-14-9)16-12(17-11)13-6-4-2/h8H,3-7H2,1-2H3,(H2,13,14,15,16,17). The first-order valence-corrected chi connectivity index (χ1v) is 6.43. The van der Waals surface area contributed by atoms with Crippen molar-refractivity contribution in [2.75, 3.05) is 18.5 Å². The first-order valence-electron chi connectivity index (χ1n) is 6.43. The van der Waals surface area contributed by atoms with E-state index in [-0.39, 0.29) is 0 Å². The molecule has 0 spiro atoms. The number of nitrogens with zero attached hydrogens (tertiary/aromatic N) is 3. The van der Waals surface area contributed by atoms with Crippen LogP contribution in [0.5, 0.6) is 5.88 Å². The largest absolute Gasteiger partial charge is 0.476 e. The van der Waals surface area contributed by atoms with Crippen LogP contribution in [0.2, 0.25) is 0 Å². The van der Waals surface area contributed by atoms with E-state index >= 15 is 0 Å². The Morgan fingerprint density at radius 2 is 2.17 bits per heavy atom. The van der Waals surface area contributed by atoms with E-state index in [1.165, 1.54) is 0 Å². The number of imidazole rings is 1. The van der Waals surface area contributed by atoms with Crippen molar-refractivity contribution in [2.45, 2.75) is 33.1 Å². The van der Waals surface area contributed by atoms with Crippen LogP contribution in [0.15, 0.2) is 6.33 Å². The summed E-state index contributed by atoms with van der Waals surface area (Å²) in [4.78, 5) is 15.8. The highest BCUT2D eigenvalue weighted by atomic mass is 16.5. The summed E-state index contributed by atoms with van der Waals surface area (Å²) in [5.41, 5.74) is 1.39. The summed E-state index contributed by atoms with van der Waals surface area (Å²) >= 11 is 0. The zero-order chi connectivity index (χ0) is 12.8. The molecular weight excluding hydrogens is 230 g/mol. The highest BCUT2D eigenvalue weighted by Gasteiger charge is 2.10. The predicted molar refractivity (Wildman–Crippen MR) is 70.9 cm³/mol. The van der Waals surface area contributed by atoms with Crippen LogP contribution in [0, 0.1) is 0 Å². The van der Waals surface area contributed by atoms with Crippen LogP contribution in [0.3, 0.4) is 0 Å². The van der Waals surface area contributed by atoms with Gasteiger partial charge in [-0.25, -0.2) is 4.98 Å². The lowest BCUT2D eigenvalue weighted by molar-refractivity contribution is 0.301. The number of hydrogen-bond acceptors (Lipinski definition) is 5. The first-order chi connectivity index (χ1) is 8.85. The molecule has 18 heavy (non-hydrogen) atoms. The highest BCUT2D eigenvalue weighted by molar-refractivity contribution is 5.76. The van der Waals surface area contributed by atoms with Crippen LogP contribution >= 0.6 is 0 Å². The van der Waals surface area contributed by atoms with Gasteiger partial charge in [0.25, 0.3) is 0 Å². The fraction of sp³-hybridized carbons (Fsp3) is 0.583. The second-order valence-corrected chi connectivity index (χ2v) is 4.08. The van der Waals surface area contributed by atoms with E-state index in [0.29, 0.717) is 24.1 Å². The lowest BCUT2D eigenvalue weighted by atomic mass is 10.4. The summed E-state index contributed by atoms with van der Waals surface area (Å²) in [6.07, 6.45) is 4.74. The second kappa shape index (κ2) is 6.18. The van der Waals surface area contributed by atoms with Gasteiger partial charge in [0.2, 0.25) is 11.8 Å². The van der Waals surface area contributed by atoms with Crippen molar-refractivity contribution in [3.63, 3.8) is 0 Å². The molecule has 0 atom stereocenters. The summed E-state index contributed by atoms with van der Waals surface area (Å²) in [5, 5.41) is 3.15. The summed E-state index contributed by atoms with van der Waals surface area (Å²) in [6, 6.07) is 0. The van der Waals surface area contributed by atoms with E-state index in [0.717, 1.165) is 31.3 Å². The molecular formula is C12H19N5O. The normalized spacial score (nSPS) is 10.8. The molecule has 0 aromatic carbocycles. The SMILES string of the molecule is CCCCOc1nc(NCCC)nc2nc[nH]c12. The molecule has 2 heterocycles.